The molecule has 0 aliphatic carbocycles. The topological polar surface area (TPSA) is 27.7 Å². The zero-order valence-electron chi connectivity index (χ0n) is 12.9. The van der Waals surface area contributed by atoms with Gasteiger partial charge in [-0.05, 0) is 42.5 Å². The van der Waals surface area contributed by atoms with Crippen LogP contribution in [0.3, 0.4) is 0 Å². The molecular formula is C17H26O3S. The van der Waals surface area contributed by atoms with Crippen molar-refractivity contribution in [2.45, 2.75) is 45.1 Å². The molecule has 1 aromatic rings. The molecule has 118 valence electrons. The van der Waals surface area contributed by atoms with Gasteiger partial charge in [0.2, 0.25) is 6.79 Å². The monoisotopic (exact) mass is 310 g/mol. The molecule has 0 bridgehead atoms. The van der Waals surface area contributed by atoms with Gasteiger partial charge in [-0.25, -0.2) is 0 Å². The van der Waals surface area contributed by atoms with Gasteiger partial charge in [0.25, 0.3) is 0 Å². The molecule has 0 atom stereocenters. The second kappa shape index (κ2) is 9.96. The van der Waals surface area contributed by atoms with Crippen LogP contribution in [0.1, 0.15) is 44.1 Å². The second-order valence-corrected chi connectivity index (χ2v) is 6.34. The lowest BCUT2D eigenvalue weighted by Gasteiger charge is -2.05. The first-order chi connectivity index (χ1) is 10.4. The summed E-state index contributed by atoms with van der Waals surface area (Å²) in [6.07, 6.45) is 10.1. The second-order valence-electron chi connectivity index (χ2n) is 5.35. The van der Waals surface area contributed by atoms with Gasteiger partial charge < -0.3 is 14.2 Å². The highest BCUT2D eigenvalue weighted by atomic mass is 32.2. The summed E-state index contributed by atoms with van der Waals surface area (Å²) in [6.45, 7) is 1.83. The fourth-order valence-electron chi connectivity index (χ4n) is 2.38. The maximum absolute atomic E-state index is 5.72. The van der Waals surface area contributed by atoms with E-state index < -0.39 is 0 Å². The van der Waals surface area contributed by atoms with Crippen molar-refractivity contribution in [3.63, 3.8) is 0 Å². The molecule has 21 heavy (non-hydrogen) atoms. The number of benzene rings is 1. The van der Waals surface area contributed by atoms with Crippen molar-refractivity contribution in [2.24, 2.45) is 0 Å². The Labute approximate surface area is 132 Å². The quantitative estimate of drug-likeness (QED) is 0.557. The minimum Gasteiger partial charge on any atom is -0.454 e. The van der Waals surface area contributed by atoms with Gasteiger partial charge >= 0.3 is 0 Å². The molecule has 0 radical (unpaired) electrons. The Hall–Kier alpha value is -0.870. The van der Waals surface area contributed by atoms with Gasteiger partial charge in [0, 0.05) is 6.61 Å². The lowest BCUT2D eigenvalue weighted by Crippen LogP contribution is -1.96. The summed E-state index contributed by atoms with van der Waals surface area (Å²) in [7, 11) is 0. The van der Waals surface area contributed by atoms with Gasteiger partial charge in [-0.3, -0.25) is 0 Å². The van der Waals surface area contributed by atoms with Crippen LogP contribution in [0, 0.1) is 0 Å². The van der Waals surface area contributed by atoms with E-state index in [9.17, 15) is 0 Å². The maximum atomic E-state index is 5.72. The summed E-state index contributed by atoms with van der Waals surface area (Å²) in [6, 6.07) is 6.00. The molecule has 4 heteroatoms. The van der Waals surface area contributed by atoms with E-state index in [1.165, 1.54) is 37.9 Å². The highest BCUT2D eigenvalue weighted by Crippen LogP contribution is 2.32. The van der Waals surface area contributed by atoms with Crippen molar-refractivity contribution in [1.29, 1.82) is 0 Å². The highest BCUT2D eigenvalue weighted by Gasteiger charge is 2.12. The molecule has 0 spiro atoms. The first-order valence-electron chi connectivity index (χ1n) is 7.85. The zero-order chi connectivity index (χ0) is 14.8. The van der Waals surface area contributed by atoms with E-state index in [1.54, 1.807) is 0 Å². The van der Waals surface area contributed by atoms with Crippen LogP contribution in [0.15, 0.2) is 18.2 Å². The number of fused-ring (bicyclic) bond motifs is 1. The van der Waals surface area contributed by atoms with Crippen molar-refractivity contribution in [3.8, 4) is 11.5 Å². The van der Waals surface area contributed by atoms with Crippen molar-refractivity contribution >= 4 is 11.8 Å². The summed E-state index contributed by atoms with van der Waals surface area (Å²) in [5.74, 6) is 2.97. The van der Waals surface area contributed by atoms with Gasteiger partial charge in [0.05, 0.1) is 6.61 Å². The van der Waals surface area contributed by atoms with Gasteiger partial charge in [-0.2, -0.15) is 11.8 Å². The number of thioether (sulfide) groups is 1. The van der Waals surface area contributed by atoms with Gasteiger partial charge in [-0.15, -0.1) is 0 Å². The molecule has 0 saturated carbocycles. The average molecular weight is 310 g/mol. The van der Waals surface area contributed by atoms with E-state index in [1.807, 2.05) is 30.0 Å². The average Bonchev–Trinajstić information content (AvgIpc) is 2.97. The SMILES string of the molecule is CSCCCCCCCCOCc1ccc2c(c1)OCO2. The third-order valence-corrected chi connectivity index (χ3v) is 4.29. The Morgan fingerprint density at radius 3 is 2.62 bits per heavy atom. The predicted molar refractivity (Wildman–Crippen MR) is 88.3 cm³/mol. The van der Waals surface area contributed by atoms with E-state index >= 15 is 0 Å². The Balaban J connectivity index is 1.47. The van der Waals surface area contributed by atoms with Crippen molar-refractivity contribution < 1.29 is 14.2 Å². The van der Waals surface area contributed by atoms with Crippen LogP contribution in [0.5, 0.6) is 11.5 Å². The minimum atomic E-state index is 0.330. The fourth-order valence-corrected chi connectivity index (χ4v) is 2.87. The van der Waals surface area contributed by atoms with Crippen LogP contribution >= 0.6 is 11.8 Å². The Kier molecular flexibility index (Phi) is 7.82. The van der Waals surface area contributed by atoms with E-state index in [4.69, 9.17) is 14.2 Å². The van der Waals surface area contributed by atoms with E-state index in [0.717, 1.165) is 30.1 Å². The lowest BCUT2D eigenvalue weighted by atomic mass is 10.1. The van der Waals surface area contributed by atoms with Crippen molar-refractivity contribution in [3.05, 3.63) is 23.8 Å². The summed E-state index contributed by atoms with van der Waals surface area (Å²) < 4.78 is 16.4. The van der Waals surface area contributed by atoms with Gasteiger partial charge in [0.1, 0.15) is 0 Å². The fraction of sp³-hybridized carbons (Fsp3) is 0.647. The molecule has 0 aromatic heterocycles. The molecule has 0 unspecified atom stereocenters. The number of hydrogen-bond acceptors (Lipinski definition) is 4. The molecule has 0 amide bonds. The summed E-state index contributed by atoms with van der Waals surface area (Å²) in [5, 5.41) is 0. The largest absolute Gasteiger partial charge is 0.454 e. The van der Waals surface area contributed by atoms with Gasteiger partial charge in [0.15, 0.2) is 11.5 Å². The Morgan fingerprint density at radius 1 is 1.00 bits per heavy atom. The van der Waals surface area contributed by atoms with E-state index in [0.29, 0.717) is 13.4 Å². The predicted octanol–water partition coefficient (Wildman–Crippen LogP) is 4.64. The summed E-state index contributed by atoms with van der Waals surface area (Å²) in [4.78, 5) is 0. The molecule has 1 aromatic carbocycles. The normalized spacial score (nSPS) is 12.8. The molecule has 2 rings (SSSR count). The molecule has 3 nitrogen and oxygen atoms in total. The third kappa shape index (κ3) is 6.18. The third-order valence-electron chi connectivity index (χ3n) is 3.59. The van der Waals surface area contributed by atoms with E-state index in [-0.39, 0.29) is 0 Å². The zero-order valence-corrected chi connectivity index (χ0v) is 13.8. The highest BCUT2D eigenvalue weighted by molar-refractivity contribution is 7.98. The summed E-state index contributed by atoms with van der Waals surface area (Å²) >= 11 is 1.94. The van der Waals surface area contributed by atoms with Crippen LogP contribution < -0.4 is 9.47 Å². The smallest absolute Gasteiger partial charge is 0.231 e. The Morgan fingerprint density at radius 2 is 1.76 bits per heavy atom. The summed E-state index contributed by atoms with van der Waals surface area (Å²) in [5.41, 5.74) is 1.15. The van der Waals surface area contributed by atoms with Crippen molar-refractivity contribution in [1.82, 2.24) is 0 Å². The van der Waals surface area contributed by atoms with Crippen molar-refractivity contribution in [2.75, 3.05) is 25.4 Å². The van der Waals surface area contributed by atoms with Crippen LogP contribution in [0.2, 0.25) is 0 Å². The molecule has 0 fully saturated rings. The number of ether oxygens (including phenoxy) is 3. The van der Waals surface area contributed by atoms with Crippen LogP contribution in [-0.4, -0.2) is 25.4 Å². The number of hydrogen-bond donors (Lipinski definition) is 0. The number of unbranched alkanes of at least 4 members (excludes halogenated alkanes) is 5. The molecule has 1 heterocycles. The molecule has 1 aliphatic heterocycles. The van der Waals surface area contributed by atoms with Crippen LogP contribution in [-0.2, 0) is 11.3 Å². The lowest BCUT2D eigenvalue weighted by molar-refractivity contribution is 0.116. The van der Waals surface area contributed by atoms with Crippen LogP contribution in [0.4, 0.5) is 0 Å². The van der Waals surface area contributed by atoms with E-state index in [2.05, 4.69) is 6.26 Å². The standard InChI is InChI=1S/C17H26O3S/c1-21-11-7-5-3-2-4-6-10-18-13-15-8-9-16-17(12-15)20-14-19-16/h8-9,12H,2-7,10-11,13-14H2,1H3. The minimum absolute atomic E-state index is 0.330. The number of rotatable bonds is 11. The van der Waals surface area contributed by atoms with Crippen LogP contribution in [0.25, 0.3) is 0 Å². The first-order valence-corrected chi connectivity index (χ1v) is 9.25. The molecule has 1 aliphatic rings. The first kappa shape index (κ1) is 16.5. The van der Waals surface area contributed by atoms with Gasteiger partial charge in [-0.1, -0.05) is 31.7 Å². The molecule has 0 N–H and O–H groups in total. The molecular weight excluding hydrogens is 284 g/mol. The Bertz CT molecular complexity index is 409. The maximum Gasteiger partial charge on any atom is 0.231 e. The molecule has 0 saturated heterocycles.